The maximum Gasteiger partial charge on any atom is 0.255 e. The highest BCUT2D eigenvalue weighted by atomic mass is 16.2. The molecule has 1 fully saturated rings. The van der Waals surface area contributed by atoms with Crippen molar-refractivity contribution in [3.05, 3.63) is 34.2 Å². The molecule has 98 valence electrons. The zero-order valence-corrected chi connectivity index (χ0v) is 10.6. The van der Waals surface area contributed by atoms with Crippen LogP contribution in [0.2, 0.25) is 0 Å². The number of hydrogen-bond acceptors (Lipinski definition) is 3. The topological polar surface area (TPSA) is 79.2 Å². The van der Waals surface area contributed by atoms with Gasteiger partial charge in [0.1, 0.15) is 0 Å². The molecule has 2 heterocycles. The fourth-order valence-electron chi connectivity index (χ4n) is 2.18. The van der Waals surface area contributed by atoms with Gasteiger partial charge >= 0.3 is 0 Å². The molecule has 1 saturated heterocycles. The summed E-state index contributed by atoms with van der Waals surface area (Å²) >= 11 is 0. The lowest BCUT2D eigenvalue weighted by molar-refractivity contribution is 0.0617. The van der Waals surface area contributed by atoms with Gasteiger partial charge in [-0.05, 0) is 30.9 Å². The molecule has 0 saturated carbocycles. The molecular formula is C13H19N3O2. The number of carbonyl (C=O) groups is 1. The highest BCUT2D eigenvalue weighted by Gasteiger charge is 2.30. The van der Waals surface area contributed by atoms with Crippen molar-refractivity contribution in [3.63, 3.8) is 0 Å². The van der Waals surface area contributed by atoms with Crippen molar-refractivity contribution in [1.29, 1.82) is 0 Å². The first-order chi connectivity index (χ1) is 8.54. The number of pyridine rings is 1. The smallest absolute Gasteiger partial charge is 0.255 e. The Morgan fingerprint density at radius 1 is 1.44 bits per heavy atom. The Bertz CT molecular complexity index is 467. The van der Waals surface area contributed by atoms with Crippen LogP contribution in [0.3, 0.4) is 0 Å². The maximum atomic E-state index is 12.2. The van der Waals surface area contributed by atoms with Crippen molar-refractivity contribution < 1.29 is 4.79 Å². The standard InChI is InChI=1S/C13H19N3O2/c1-13(9-14)4-6-16(7-5-13)12(18)10-2-3-11(17)15-8-10/h2-3,8H,4-7,9,14H2,1H3,(H,15,17). The summed E-state index contributed by atoms with van der Waals surface area (Å²) in [5, 5.41) is 0. The van der Waals surface area contributed by atoms with Crippen LogP contribution in [0.15, 0.2) is 23.1 Å². The molecule has 0 aliphatic carbocycles. The molecule has 5 nitrogen and oxygen atoms in total. The Labute approximate surface area is 106 Å². The van der Waals surface area contributed by atoms with Gasteiger partial charge in [0.05, 0.1) is 5.56 Å². The van der Waals surface area contributed by atoms with Crippen molar-refractivity contribution in [2.24, 2.45) is 11.1 Å². The second kappa shape index (κ2) is 4.94. The number of rotatable bonds is 2. The molecule has 0 spiro atoms. The average Bonchev–Trinajstić information content (AvgIpc) is 2.40. The fourth-order valence-corrected chi connectivity index (χ4v) is 2.18. The van der Waals surface area contributed by atoms with E-state index in [0.717, 1.165) is 25.9 Å². The minimum atomic E-state index is -0.194. The third kappa shape index (κ3) is 2.61. The molecule has 1 amide bonds. The molecule has 0 bridgehead atoms. The number of nitrogens with one attached hydrogen (secondary N) is 1. The summed E-state index contributed by atoms with van der Waals surface area (Å²) in [6.07, 6.45) is 3.33. The van der Waals surface area contributed by atoms with E-state index in [-0.39, 0.29) is 16.9 Å². The lowest BCUT2D eigenvalue weighted by Crippen LogP contribution is -2.44. The van der Waals surface area contributed by atoms with Gasteiger partial charge in [0.15, 0.2) is 0 Å². The van der Waals surface area contributed by atoms with Crippen molar-refractivity contribution in [3.8, 4) is 0 Å². The Hall–Kier alpha value is -1.62. The van der Waals surface area contributed by atoms with E-state index in [1.54, 1.807) is 6.07 Å². The van der Waals surface area contributed by atoms with Gasteiger partial charge in [0, 0.05) is 25.4 Å². The van der Waals surface area contributed by atoms with Crippen LogP contribution >= 0.6 is 0 Å². The van der Waals surface area contributed by atoms with E-state index in [1.807, 2.05) is 4.90 Å². The predicted molar refractivity (Wildman–Crippen MR) is 69.4 cm³/mol. The van der Waals surface area contributed by atoms with E-state index in [1.165, 1.54) is 12.3 Å². The highest BCUT2D eigenvalue weighted by molar-refractivity contribution is 5.93. The first kappa shape index (κ1) is 12.8. The predicted octanol–water partition coefficient (Wildman–Crippen LogP) is 0.576. The van der Waals surface area contributed by atoms with Gasteiger partial charge in [-0.25, -0.2) is 0 Å². The van der Waals surface area contributed by atoms with Gasteiger partial charge in [-0.15, -0.1) is 0 Å². The number of aromatic amines is 1. The quantitative estimate of drug-likeness (QED) is 0.804. The number of piperidine rings is 1. The Kier molecular flexibility index (Phi) is 3.52. The number of likely N-dealkylation sites (tertiary alicyclic amines) is 1. The summed E-state index contributed by atoms with van der Waals surface area (Å²) < 4.78 is 0. The largest absolute Gasteiger partial charge is 0.339 e. The normalized spacial score (nSPS) is 18.7. The van der Waals surface area contributed by atoms with Crippen LogP contribution in [-0.4, -0.2) is 35.4 Å². The summed E-state index contributed by atoms with van der Waals surface area (Å²) in [5.41, 5.74) is 6.24. The zero-order chi connectivity index (χ0) is 13.2. The van der Waals surface area contributed by atoms with E-state index in [2.05, 4.69) is 11.9 Å². The number of aromatic nitrogens is 1. The van der Waals surface area contributed by atoms with Crippen molar-refractivity contribution in [1.82, 2.24) is 9.88 Å². The van der Waals surface area contributed by atoms with Gasteiger partial charge < -0.3 is 15.6 Å². The lowest BCUT2D eigenvalue weighted by atomic mass is 9.80. The number of amides is 1. The van der Waals surface area contributed by atoms with Gasteiger partial charge in [0.25, 0.3) is 5.91 Å². The second-order valence-corrected chi connectivity index (χ2v) is 5.25. The molecule has 3 N–H and O–H groups in total. The summed E-state index contributed by atoms with van der Waals surface area (Å²) in [6.45, 7) is 4.28. The minimum absolute atomic E-state index is 0.0229. The van der Waals surface area contributed by atoms with Crippen LogP contribution < -0.4 is 11.3 Å². The van der Waals surface area contributed by atoms with Gasteiger partial charge in [-0.1, -0.05) is 6.92 Å². The Morgan fingerprint density at radius 3 is 2.61 bits per heavy atom. The first-order valence-electron chi connectivity index (χ1n) is 6.22. The number of carbonyl (C=O) groups excluding carboxylic acids is 1. The molecule has 5 heteroatoms. The summed E-state index contributed by atoms with van der Waals surface area (Å²) in [6, 6.07) is 2.94. The van der Waals surface area contributed by atoms with Crippen LogP contribution in [0.5, 0.6) is 0 Å². The number of hydrogen-bond donors (Lipinski definition) is 2. The zero-order valence-electron chi connectivity index (χ0n) is 10.6. The Morgan fingerprint density at radius 2 is 2.11 bits per heavy atom. The number of H-pyrrole nitrogens is 1. The molecule has 1 aromatic rings. The molecule has 1 aliphatic rings. The minimum Gasteiger partial charge on any atom is -0.339 e. The first-order valence-corrected chi connectivity index (χ1v) is 6.22. The third-order valence-corrected chi connectivity index (χ3v) is 3.78. The lowest BCUT2D eigenvalue weighted by Gasteiger charge is -2.38. The Balaban J connectivity index is 2.04. The third-order valence-electron chi connectivity index (χ3n) is 3.78. The maximum absolute atomic E-state index is 12.2. The van der Waals surface area contributed by atoms with E-state index in [4.69, 9.17) is 5.73 Å². The van der Waals surface area contributed by atoms with Gasteiger partial charge in [-0.3, -0.25) is 9.59 Å². The highest BCUT2D eigenvalue weighted by Crippen LogP contribution is 2.29. The fraction of sp³-hybridized carbons (Fsp3) is 0.538. The van der Waals surface area contributed by atoms with Crippen molar-refractivity contribution >= 4 is 5.91 Å². The van der Waals surface area contributed by atoms with Crippen LogP contribution in [0.25, 0.3) is 0 Å². The van der Waals surface area contributed by atoms with Gasteiger partial charge in [-0.2, -0.15) is 0 Å². The SMILES string of the molecule is CC1(CN)CCN(C(=O)c2ccc(=O)[nH]c2)CC1. The summed E-state index contributed by atoms with van der Waals surface area (Å²) in [7, 11) is 0. The summed E-state index contributed by atoms with van der Waals surface area (Å²) in [5.74, 6) is -0.0229. The van der Waals surface area contributed by atoms with Crippen molar-refractivity contribution in [2.45, 2.75) is 19.8 Å². The van der Waals surface area contributed by atoms with E-state index >= 15 is 0 Å². The molecule has 0 unspecified atom stereocenters. The van der Waals surface area contributed by atoms with Crippen molar-refractivity contribution in [2.75, 3.05) is 19.6 Å². The molecule has 18 heavy (non-hydrogen) atoms. The van der Waals surface area contributed by atoms with Crippen LogP contribution in [-0.2, 0) is 0 Å². The molecule has 0 radical (unpaired) electrons. The molecule has 0 aromatic carbocycles. The molecular weight excluding hydrogens is 230 g/mol. The van der Waals surface area contributed by atoms with Gasteiger partial charge in [0.2, 0.25) is 5.56 Å². The molecule has 0 atom stereocenters. The number of nitrogens with two attached hydrogens (primary N) is 1. The van der Waals surface area contributed by atoms with Crippen LogP contribution in [0.1, 0.15) is 30.1 Å². The van der Waals surface area contributed by atoms with Crippen LogP contribution in [0.4, 0.5) is 0 Å². The monoisotopic (exact) mass is 249 g/mol. The molecule has 1 aliphatic heterocycles. The van der Waals surface area contributed by atoms with E-state index < -0.39 is 0 Å². The van der Waals surface area contributed by atoms with Crippen LogP contribution in [0, 0.1) is 5.41 Å². The summed E-state index contributed by atoms with van der Waals surface area (Å²) in [4.78, 5) is 27.5. The second-order valence-electron chi connectivity index (χ2n) is 5.25. The number of nitrogens with zero attached hydrogens (tertiary/aromatic N) is 1. The molecule has 2 rings (SSSR count). The molecule has 1 aromatic heterocycles. The van der Waals surface area contributed by atoms with E-state index in [0.29, 0.717) is 12.1 Å². The van der Waals surface area contributed by atoms with E-state index in [9.17, 15) is 9.59 Å². The average molecular weight is 249 g/mol.